The minimum atomic E-state index is -4.31. The Morgan fingerprint density at radius 1 is 1.16 bits per heavy atom. The van der Waals surface area contributed by atoms with Gasteiger partial charge in [0.25, 0.3) is 0 Å². The molecular weight excluding hydrogens is 347 g/mol. The van der Waals surface area contributed by atoms with Gasteiger partial charge in [0.05, 0.1) is 12.7 Å². The van der Waals surface area contributed by atoms with E-state index in [-0.39, 0.29) is 0 Å². The standard InChI is InChI=1S/C19H20F3NOS/c1-13(12-25-17-8-9-18(24-3)14(2)10-17)11-23-16-6-4-15(5-7-16)19(20,21)22/h4-10,23H,1,11-12H2,2-3H3. The van der Waals surface area contributed by atoms with E-state index < -0.39 is 11.7 Å². The molecular formula is C19H20F3NOS. The van der Waals surface area contributed by atoms with Crippen LogP contribution in [0.2, 0.25) is 0 Å². The smallest absolute Gasteiger partial charge is 0.416 e. The lowest BCUT2D eigenvalue weighted by atomic mass is 10.2. The van der Waals surface area contributed by atoms with Gasteiger partial charge in [-0.25, -0.2) is 0 Å². The van der Waals surface area contributed by atoms with Crippen molar-refractivity contribution in [1.82, 2.24) is 0 Å². The first-order chi connectivity index (χ1) is 11.8. The topological polar surface area (TPSA) is 21.3 Å². The summed E-state index contributed by atoms with van der Waals surface area (Å²) in [4.78, 5) is 1.12. The predicted octanol–water partition coefficient (Wildman–Crippen LogP) is 5.78. The molecule has 0 saturated heterocycles. The lowest BCUT2D eigenvalue weighted by Crippen LogP contribution is -2.07. The molecule has 2 rings (SSSR count). The van der Waals surface area contributed by atoms with Crippen LogP contribution in [-0.4, -0.2) is 19.4 Å². The van der Waals surface area contributed by atoms with E-state index in [0.717, 1.165) is 39.7 Å². The monoisotopic (exact) mass is 367 g/mol. The second-order valence-electron chi connectivity index (χ2n) is 5.60. The van der Waals surface area contributed by atoms with Crippen LogP contribution in [0.15, 0.2) is 59.5 Å². The van der Waals surface area contributed by atoms with Crippen molar-refractivity contribution in [2.45, 2.75) is 18.0 Å². The number of hydrogen-bond acceptors (Lipinski definition) is 3. The summed E-state index contributed by atoms with van der Waals surface area (Å²) >= 11 is 1.66. The second kappa shape index (κ2) is 8.34. The Morgan fingerprint density at radius 3 is 2.40 bits per heavy atom. The molecule has 0 bridgehead atoms. The first-order valence-corrected chi connectivity index (χ1v) is 8.63. The van der Waals surface area contributed by atoms with Gasteiger partial charge in [-0.05, 0) is 60.5 Å². The number of anilines is 1. The molecule has 25 heavy (non-hydrogen) atoms. The van der Waals surface area contributed by atoms with E-state index >= 15 is 0 Å². The third-order valence-corrected chi connectivity index (χ3v) is 4.70. The highest BCUT2D eigenvalue weighted by Gasteiger charge is 2.29. The number of thioether (sulfide) groups is 1. The fraction of sp³-hybridized carbons (Fsp3) is 0.263. The third kappa shape index (κ3) is 5.74. The summed E-state index contributed by atoms with van der Waals surface area (Å²) in [7, 11) is 1.64. The SMILES string of the molecule is C=C(CNc1ccc(C(F)(F)F)cc1)CSc1ccc(OC)c(C)c1. The summed E-state index contributed by atoms with van der Waals surface area (Å²) in [6, 6.07) is 11.0. The predicted molar refractivity (Wildman–Crippen MR) is 97.5 cm³/mol. The quantitative estimate of drug-likeness (QED) is 0.495. The summed E-state index contributed by atoms with van der Waals surface area (Å²) in [5.74, 6) is 1.58. The number of alkyl halides is 3. The summed E-state index contributed by atoms with van der Waals surface area (Å²) in [6.07, 6.45) is -4.31. The number of halogens is 3. The molecule has 0 atom stereocenters. The van der Waals surface area contributed by atoms with Crippen LogP contribution in [0.5, 0.6) is 5.75 Å². The van der Waals surface area contributed by atoms with Crippen LogP contribution in [0.3, 0.4) is 0 Å². The molecule has 6 heteroatoms. The Balaban J connectivity index is 1.82. The highest BCUT2D eigenvalue weighted by atomic mass is 32.2. The van der Waals surface area contributed by atoms with Crippen LogP contribution in [0.1, 0.15) is 11.1 Å². The van der Waals surface area contributed by atoms with Crippen molar-refractivity contribution < 1.29 is 17.9 Å². The van der Waals surface area contributed by atoms with E-state index in [4.69, 9.17) is 4.74 Å². The van der Waals surface area contributed by atoms with Crippen LogP contribution in [0.4, 0.5) is 18.9 Å². The number of benzene rings is 2. The molecule has 1 N–H and O–H groups in total. The number of methoxy groups -OCH3 is 1. The zero-order valence-electron chi connectivity index (χ0n) is 14.1. The molecule has 0 fully saturated rings. The van der Waals surface area contributed by atoms with Crippen molar-refractivity contribution in [2.24, 2.45) is 0 Å². The maximum Gasteiger partial charge on any atom is 0.416 e. The van der Waals surface area contributed by atoms with Crippen molar-refractivity contribution in [2.75, 3.05) is 24.7 Å². The zero-order valence-corrected chi connectivity index (χ0v) is 14.9. The maximum absolute atomic E-state index is 12.5. The number of ether oxygens (including phenoxy) is 1. The molecule has 2 aromatic carbocycles. The Morgan fingerprint density at radius 2 is 1.84 bits per heavy atom. The Labute approximate surface area is 150 Å². The molecule has 0 radical (unpaired) electrons. The van der Waals surface area contributed by atoms with Gasteiger partial charge in [0, 0.05) is 22.9 Å². The van der Waals surface area contributed by atoms with E-state index in [0.29, 0.717) is 12.2 Å². The molecule has 134 valence electrons. The number of nitrogens with one attached hydrogen (secondary N) is 1. The summed E-state index contributed by atoms with van der Waals surface area (Å²) in [5.41, 5.74) is 2.01. The van der Waals surface area contributed by atoms with Crippen molar-refractivity contribution in [3.63, 3.8) is 0 Å². The molecule has 0 aliphatic heterocycles. The first kappa shape index (κ1) is 19.2. The minimum absolute atomic E-state index is 0.507. The lowest BCUT2D eigenvalue weighted by Gasteiger charge is -2.11. The Bertz CT molecular complexity index is 726. The van der Waals surface area contributed by atoms with Crippen molar-refractivity contribution >= 4 is 17.4 Å². The number of rotatable bonds is 7. The first-order valence-electron chi connectivity index (χ1n) is 7.65. The fourth-order valence-corrected chi connectivity index (χ4v) is 3.08. The van der Waals surface area contributed by atoms with Gasteiger partial charge in [-0.1, -0.05) is 6.58 Å². The fourth-order valence-electron chi connectivity index (χ4n) is 2.18. The lowest BCUT2D eigenvalue weighted by molar-refractivity contribution is -0.137. The van der Waals surface area contributed by atoms with Crippen LogP contribution < -0.4 is 10.1 Å². The Hall–Kier alpha value is -2.08. The molecule has 0 aliphatic rings. The van der Waals surface area contributed by atoms with Crippen LogP contribution in [-0.2, 0) is 6.18 Å². The van der Waals surface area contributed by atoms with Gasteiger partial charge in [0.15, 0.2) is 0 Å². The van der Waals surface area contributed by atoms with Gasteiger partial charge in [-0.15, -0.1) is 11.8 Å². The number of aryl methyl sites for hydroxylation is 1. The molecule has 2 nitrogen and oxygen atoms in total. The zero-order chi connectivity index (χ0) is 18.4. The summed E-state index contributed by atoms with van der Waals surface area (Å²) in [6.45, 7) is 6.51. The molecule has 0 unspecified atom stereocenters. The average Bonchev–Trinajstić information content (AvgIpc) is 2.58. The van der Waals surface area contributed by atoms with Crippen molar-refractivity contribution in [3.05, 3.63) is 65.7 Å². The molecule has 0 spiro atoms. The van der Waals surface area contributed by atoms with Crippen LogP contribution in [0.25, 0.3) is 0 Å². The van der Waals surface area contributed by atoms with Gasteiger partial charge < -0.3 is 10.1 Å². The molecule has 0 heterocycles. The minimum Gasteiger partial charge on any atom is -0.496 e. The largest absolute Gasteiger partial charge is 0.496 e. The van der Waals surface area contributed by atoms with Gasteiger partial charge in [0.2, 0.25) is 0 Å². The molecule has 2 aromatic rings. The molecule has 0 aliphatic carbocycles. The van der Waals surface area contributed by atoms with Crippen LogP contribution >= 0.6 is 11.8 Å². The van der Waals surface area contributed by atoms with Gasteiger partial charge in [-0.2, -0.15) is 13.2 Å². The van der Waals surface area contributed by atoms with Crippen molar-refractivity contribution in [1.29, 1.82) is 0 Å². The second-order valence-corrected chi connectivity index (χ2v) is 6.65. The highest BCUT2D eigenvalue weighted by Crippen LogP contribution is 2.30. The Kier molecular flexibility index (Phi) is 6.42. The van der Waals surface area contributed by atoms with E-state index in [2.05, 4.69) is 18.0 Å². The summed E-state index contributed by atoms with van der Waals surface area (Å²) < 4.78 is 42.8. The molecule has 0 aromatic heterocycles. The van der Waals surface area contributed by atoms with Gasteiger partial charge in [-0.3, -0.25) is 0 Å². The molecule has 0 saturated carbocycles. The highest BCUT2D eigenvalue weighted by molar-refractivity contribution is 7.99. The van der Waals surface area contributed by atoms with E-state index in [9.17, 15) is 13.2 Å². The normalized spacial score (nSPS) is 11.2. The molecule has 0 amide bonds. The average molecular weight is 367 g/mol. The van der Waals surface area contributed by atoms with E-state index in [1.54, 1.807) is 18.9 Å². The maximum atomic E-state index is 12.5. The van der Waals surface area contributed by atoms with E-state index in [1.807, 2.05) is 19.1 Å². The van der Waals surface area contributed by atoms with Crippen LogP contribution in [0, 0.1) is 6.92 Å². The third-order valence-electron chi connectivity index (χ3n) is 3.56. The number of hydrogen-bond donors (Lipinski definition) is 1. The van der Waals surface area contributed by atoms with Crippen molar-refractivity contribution in [3.8, 4) is 5.75 Å². The van der Waals surface area contributed by atoms with E-state index in [1.165, 1.54) is 12.1 Å². The van der Waals surface area contributed by atoms with Gasteiger partial charge >= 0.3 is 6.18 Å². The summed E-state index contributed by atoms with van der Waals surface area (Å²) in [5, 5.41) is 3.09. The van der Waals surface area contributed by atoms with Gasteiger partial charge in [0.1, 0.15) is 5.75 Å².